The van der Waals surface area contributed by atoms with E-state index in [1.165, 1.54) is 11.1 Å². The summed E-state index contributed by atoms with van der Waals surface area (Å²) in [5, 5.41) is 2.86. The van der Waals surface area contributed by atoms with E-state index in [4.69, 9.17) is 5.73 Å². The highest BCUT2D eigenvalue weighted by Crippen LogP contribution is 2.20. The Morgan fingerprint density at radius 2 is 2.12 bits per heavy atom. The molecular formula is C11H18N4O. The Balaban J connectivity index is 2.83. The maximum atomic E-state index is 11.9. The van der Waals surface area contributed by atoms with Crippen LogP contribution < -0.4 is 16.0 Å². The molecule has 2 amide bonds. The van der Waals surface area contributed by atoms with Gasteiger partial charge < -0.3 is 11.1 Å². The average Bonchev–Trinajstić information content (AvgIpc) is 2.15. The zero-order chi connectivity index (χ0) is 12.3. The molecule has 0 unspecified atom stereocenters. The van der Waals surface area contributed by atoms with E-state index in [0.717, 1.165) is 0 Å². The Labute approximate surface area is 95.7 Å². The topological polar surface area (TPSA) is 71.2 Å². The van der Waals surface area contributed by atoms with Gasteiger partial charge in [0.1, 0.15) is 0 Å². The number of aromatic nitrogens is 1. The van der Waals surface area contributed by atoms with Crippen LogP contribution in [-0.2, 0) is 0 Å². The first-order valence-electron chi connectivity index (χ1n) is 5.06. The fourth-order valence-corrected chi connectivity index (χ4v) is 1.22. The van der Waals surface area contributed by atoms with Gasteiger partial charge in [0.15, 0.2) is 0 Å². The minimum atomic E-state index is -0.271. The Hall–Kier alpha value is -1.78. The number of nitrogen functional groups attached to an aromatic ring is 1. The van der Waals surface area contributed by atoms with Gasteiger partial charge >= 0.3 is 6.03 Å². The van der Waals surface area contributed by atoms with Gasteiger partial charge in [0.25, 0.3) is 0 Å². The van der Waals surface area contributed by atoms with Crippen LogP contribution in [0.1, 0.15) is 20.8 Å². The minimum Gasteiger partial charge on any atom is -0.396 e. The lowest BCUT2D eigenvalue weighted by Gasteiger charge is -2.26. The molecule has 16 heavy (non-hydrogen) atoms. The molecule has 0 atom stereocenters. The first-order valence-corrected chi connectivity index (χ1v) is 5.06. The Morgan fingerprint density at radius 1 is 1.50 bits per heavy atom. The molecule has 0 spiro atoms. The van der Waals surface area contributed by atoms with E-state index >= 15 is 0 Å². The van der Waals surface area contributed by atoms with E-state index in [1.54, 1.807) is 19.3 Å². The summed E-state index contributed by atoms with van der Waals surface area (Å²) in [4.78, 5) is 17.2. The number of urea groups is 1. The van der Waals surface area contributed by atoms with Crippen molar-refractivity contribution in [2.75, 3.05) is 17.7 Å². The number of nitrogens with zero attached hydrogens (tertiary/aromatic N) is 2. The van der Waals surface area contributed by atoms with Gasteiger partial charge in [-0.2, -0.15) is 0 Å². The van der Waals surface area contributed by atoms with Crippen LogP contribution in [0, 0.1) is 0 Å². The quantitative estimate of drug-likeness (QED) is 0.758. The smallest absolute Gasteiger partial charge is 0.322 e. The molecule has 0 aliphatic rings. The van der Waals surface area contributed by atoms with Gasteiger partial charge in [-0.15, -0.1) is 0 Å². The molecule has 0 aliphatic carbocycles. The van der Waals surface area contributed by atoms with Crippen molar-refractivity contribution in [2.45, 2.75) is 26.3 Å². The van der Waals surface area contributed by atoms with E-state index in [-0.39, 0.29) is 11.6 Å². The van der Waals surface area contributed by atoms with Crippen LogP contribution in [0.4, 0.5) is 16.2 Å². The third-order valence-corrected chi connectivity index (χ3v) is 1.98. The van der Waals surface area contributed by atoms with E-state index in [1.807, 2.05) is 20.8 Å². The van der Waals surface area contributed by atoms with Crippen molar-refractivity contribution in [2.24, 2.45) is 0 Å². The molecule has 1 heterocycles. The second-order valence-electron chi connectivity index (χ2n) is 4.67. The average molecular weight is 222 g/mol. The first kappa shape index (κ1) is 12.3. The van der Waals surface area contributed by atoms with Crippen LogP contribution in [-0.4, -0.2) is 23.6 Å². The monoisotopic (exact) mass is 222 g/mol. The first-order chi connectivity index (χ1) is 7.31. The molecule has 0 bridgehead atoms. The molecule has 0 aromatic carbocycles. The second kappa shape index (κ2) is 4.38. The highest BCUT2D eigenvalue weighted by molar-refractivity contribution is 5.94. The number of amides is 2. The summed E-state index contributed by atoms with van der Waals surface area (Å²) in [6.45, 7) is 5.78. The van der Waals surface area contributed by atoms with E-state index < -0.39 is 0 Å². The van der Waals surface area contributed by atoms with E-state index in [9.17, 15) is 4.79 Å². The number of carbonyl (C=O) groups excluding carboxylic acids is 1. The van der Waals surface area contributed by atoms with Crippen molar-refractivity contribution >= 4 is 17.4 Å². The predicted molar refractivity (Wildman–Crippen MR) is 65.3 cm³/mol. The van der Waals surface area contributed by atoms with Crippen LogP contribution in [0.25, 0.3) is 0 Å². The molecule has 1 aromatic heterocycles. The van der Waals surface area contributed by atoms with E-state index in [0.29, 0.717) is 11.4 Å². The predicted octanol–water partition coefficient (Wildman–Crippen LogP) is 1.61. The molecule has 5 nitrogen and oxygen atoms in total. The fraction of sp³-hybridized carbons (Fsp3) is 0.455. The zero-order valence-electron chi connectivity index (χ0n) is 10.1. The minimum absolute atomic E-state index is 0.189. The molecule has 0 fully saturated rings. The Morgan fingerprint density at radius 3 is 2.62 bits per heavy atom. The molecule has 3 N–H and O–H groups in total. The molecule has 88 valence electrons. The van der Waals surface area contributed by atoms with Crippen LogP contribution >= 0.6 is 0 Å². The van der Waals surface area contributed by atoms with Crippen LogP contribution in [0.15, 0.2) is 18.5 Å². The van der Waals surface area contributed by atoms with Gasteiger partial charge in [-0.25, -0.2) is 4.79 Å². The third kappa shape index (κ3) is 3.12. The molecular weight excluding hydrogens is 204 g/mol. The van der Waals surface area contributed by atoms with Crippen LogP contribution in [0.5, 0.6) is 0 Å². The summed E-state index contributed by atoms with van der Waals surface area (Å²) in [7, 11) is 1.67. The lowest BCUT2D eigenvalue weighted by Crippen LogP contribution is -2.47. The molecule has 0 aliphatic heterocycles. The molecule has 0 saturated heterocycles. The van der Waals surface area contributed by atoms with Crippen molar-refractivity contribution in [3.63, 3.8) is 0 Å². The number of pyridine rings is 1. The largest absolute Gasteiger partial charge is 0.396 e. The van der Waals surface area contributed by atoms with Crippen LogP contribution in [0.3, 0.4) is 0 Å². The van der Waals surface area contributed by atoms with Crippen LogP contribution in [0.2, 0.25) is 0 Å². The number of hydrogen-bond donors (Lipinski definition) is 2. The summed E-state index contributed by atoms with van der Waals surface area (Å²) < 4.78 is 0. The molecule has 1 rings (SSSR count). The van der Waals surface area contributed by atoms with Crippen molar-refractivity contribution in [1.29, 1.82) is 0 Å². The number of anilines is 2. The highest BCUT2D eigenvalue weighted by atomic mass is 16.2. The van der Waals surface area contributed by atoms with Gasteiger partial charge in [-0.1, -0.05) is 0 Å². The maximum Gasteiger partial charge on any atom is 0.322 e. The summed E-state index contributed by atoms with van der Waals surface area (Å²) >= 11 is 0. The molecule has 0 radical (unpaired) electrons. The van der Waals surface area contributed by atoms with Crippen molar-refractivity contribution in [3.8, 4) is 0 Å². The number of nitrogens with one attached hydrogen (secondary N) is 1. The van der Waals surface area contributed by atoms with Crippen molar-refractivity contribution in [1.82, 2.24) is 10.3 Å². The van der Waals surface area contributed by atoms with Gasteiger partial charge in [-0.05, 0) is 26.8 Å². The normalized spacial score (nSPS) is 11.0. The third-order valence-electron chi connectivity index (χ3n) is 1.98. The lowest BCUT2D eigenvalue weighted by atomic mass is 10.1. The van der Waals surface area contributed by atoms with E-state index in [2.05, 4.69) is 10.3 Å². The molecule has 0 saturated carbocycles. The Kier molecular flexibility index (Phi) is 3.37. The summed E-state index contributed by atoms with van der Waals surface area (Å²) in [6, 6.07) is 1.52. The number of nitrogens with two attached hydrogens (primary N) is 1. The van der Waals surface area contributed by atoms with Crippen molar-refractivity contribution < 1.29 is 4.79 Å². The second-order valence-corrected chi connectivity index (χ2v) is 4.67. The molecule has 1 aromatic rings. The van der Waals surface area contributed by atoms with Gasteiger partial charge in [-0.3, -0.25) is 9.88 Å². The number of carbonyl (C=O) groups is 1. The van der Waals surface area contributed by atoms with Gasteiger partial charge in [0.2, 0.25) is 0 Å². The molecule has 5 heteroatoms. The maximum absolute atomic E-state index is 11.9. The number of rotatable bonds is 1. The Bertz CT molecular complexity index is 384. The standard InChI is InChI=1S/C11H18N4O/c1-11(2,3)14-10(16)15(4)9-5-6-13-7-8(9)12/h5-7H,12H2,1-4H3,(H,14,16). The van der Waals surface area contributed by atoms with Gasteiger partial charge in [0, 0.05) is 18.8 Å². The highest BCUT2D eigenvalue weighted by Gasteiger charge is 2.18. The van der Waals surface area contributed by atoms with Gasteiger partial charge in [0.05, 0.1) is 17.6 Å². The summed E-state index contributed by atoms with van der Waals surface area (Å²) in [5.41, 5.74) is 6.60. The number of hydrogen-bond acceptors (Lipinski definition) is 3. The summed E-state index contributed by atoms with van der Waals surface area (Å²) in [6.07, 6.45) is 3.13. The lowest BCUT2D eigenvalue weighted by molar-refractivity contribution is 0.239. The fourth-order valence-electron chi connectivity index (χ4n) is 1.22. The van der Waals surface area contributed by atoms with Crippen molar-refractivity contribution in [3.05, 3.63) is 18.5 Å². The summed E-state index contributed by atoms with van der Waals surface area (Å²) in [5.74, 6) is 0. The SMILES string of the molecule is CN(C(=O)NC(C)(C)C)c1ccncc1N. The zero-order valence-corrected chi connectivity index (χ0v) is 10.1.